The van der Waals surface area contributed by atoms with E-state index in [1.807, 2.05) is 17.8 Å². The molecular weight excluding hydrogens is 324 g/mol. The van der Waals surface area contributed by atoms with Gasteiger partial charge in [0.15, 0.2) is 0 Å². The lowest BCUT2D eigenvalue weighted by molar-refractivity contribution is -0.896. The monoisotopic (exact) mass is 347 g/mol. The molecule has 4 heteroatoms. The first-order chi connectivity index (χ1) is 11.2. The van der Waals surface area contributed by atoms with Crippen molar-refractivity contribution in [3.8, 4) is 0 Å². The maximum Gasteiger partial charge on any atom is 0.0788 e. The number of fused-ring (bicyclic) bond motifs is 2. The van der Waals surface area contributed by atoms with Gasteiger partial charge in [-0.1, -0.05) is 35.5 Å². The van der Waals surface area contributed by atoms with Crippen LogP contribution in [0.5, 0.6) is 0 Å². The number of para-hydroxylation sites is 1. The summed E-state index contributed by atoms with van der Waals surface area (Å²) in [5, 5.41) is 0.808. The van der Waals surface area contributed by atoms with Crippen molar-refractivity contribution >= 4 is 34.7 Å². The van der Waals surface area contributed by atoms with Crippen molar-refractivity contribution in [3.05, 3.63) is 47.5 Å². The lowest BCUT2D eigenvalue weighted by atomic mass is 10.2. The maximum atomic E-state index is 6.26. The molecule has 2 aromatic rings. The van der Waals surface area contributed by atoms with E-state index in [1.165, 1.54) is 47.2 Å². The molecule has 0 aliphatic carbocycles. The summed E-state index contributed by atoms with van der Waals surface area (Å²) < 4.78 is 0. The Morgan fingerprint density at radius 1 is 1.00 bits per heavy atom. The Kier molecular flexibility index (Phi) is 5.52. The summed E-state index contributed by atoms with van der Waals surface area (Å²) in [5.74, 6) is 0. The molecule has 0 atom stereocenters. The fourth-order valence-corrected chi connectivity index (χ4v) is 4.38. The first kappa shape index (κ1) is 16.7. The molecule has 0 bridgehead atoms. The molecule has 0 radical (unpaired) electrons. The summed E-state index contributed by atoms with van der Waals surface area (Å²) in [6.07, 6.45) is 1.18. The van der Waals surface area contributed by atoms with Gasteiger partial charge in [-0.2, -0.15) is 0 Å². The number of hydrogen-bond acceptors (Lipinski definition) is 2. The fourth-order valence-electron chi connectivity index (χ4n) is 3.13. The Labute approximate surface area is 148 Å². The predicted molar refractivity (Wildman–Crippen MR) is 101 cm³/mol. The molecule has 1 aliphatic heterocycles. The predicted octanol–water partition coefficient (Wildman–Crippen LogP) is 4.26. The van der Waals surface area contributed by atoms with Crippen LogP contribution in [0.4, 0.5) is 11.4 Å². The highest BCUT2D eigenvalue weighted by atomic mass is 35.5. The summed E-state index contributed by atoms with van der Waals surface area (Å²) in [7, 11) is 0. The third kappa shape index (κ3) is 3.68. The van der Waals surface area contributed by atoms with Crippen molar-refractivity contribution in [3.63, 3.8) is 0 Å². The van der Waals surface area contributed by atoms with Crippen LogP contribution in [0.3, 0.4) is 0 Å². The molecule has 0 spiro atoms. The van der Waals surface area contributed by atoms with E-state index in [4.69, 9.17) is 11.6 Å². The SMILES string of the molecule is CC[NH+](CC)CCCN1c2ccccc2Sc2ccc(Cl)cc21. The quantitative estimate of drug-likeness (QED) is 0.835. The standard InChI is InChI=1S/C19H23ClN2S/c1-3-21(4-2)12-7-13-22-16-8-5-6-9-18(16)23-19-11-10-15(20)14-17(19)22/h5-6,8-11,14H,3-4,7,12-13H2,1-2H3/p+1. The van der Waals surface area contributed by atoms with Crippen LogP contribution in [-0.4, -0.2) is 26.2 Å². The van der Waals surface area contributed by atoms with Crippen LogP contribution < -0.4 is 9.80 Å². The Bertz CT molecular complexity index is 670. The van der Waals surface area contributed by atoms with Crippen LogP contribution in [0, 0.1) is 0 Å². The van der Waals surface area contributed by atoms with Gasteiger partial charge < -0.3 is 9.80 Å². The Balaban J connectivity index is 1.85. The van der Waals surface area contributed by atoms with Crippen LogP contribution >= 0.6 is 23.4 Å². The van der Waals surface area contributed by atoms with Gasteiger partial charge in [0.25, 0.3) is 0 Å². The summed E-state index contributed by atoms with van der Waals surface area (Å²) in [4.78, 5) is 6.73. The summed E-state index contributed by atoms with van der Waals surface area (Å²) >= 11 is 8.10. The second kappa shape index (κ2) is 7.61. The number of hydrogen-bond donors (Lipinski definition) is 1. The van der Waals surface area contributed by atoms with E-state index in [0.29, 0.717) is 0 Å². The van der Waals surface area contributed by atoms with E-state index in [0.717, 1.165) is 11.6 Å². The van der Waals surface area contributed by atoms with E-state index in [2.05, 4.69) is 55.1 Å². The first-order valence-corrected chi connectivity index (χ1v) is 9.60. The molecular formula is C19H24ClN2S+. The van der Waals surface area contributed by atoms with Gasteiger partial charge in [-0.25, -0.2) is 0 Å². The Hall–Kier alpha value is -1.16. The number of benzene rings is 2. The molecule has 0 unspecified atom stereocenters. The third-order valence-electron chi connectivity index (χ3n) is 4.50. The molecule has 1 heterocycles. The van der Waals surface area contributed by atoms with Crippen molar-refractivity contribution in [2.75, 3.05) is 31.1 Å². The Morgan fingerprint density at radius 2 is 1.74 bits per heavy atom. The highest BCUT2D eigenvalue weighted by Crippen LogP contribution is 2.48. The zero-order valence-electron chi connectivity index (χ0n) is 13.8. The summed E-state index contributed by atoms with van der Waals surface area (Å²) in [5.41, 5.74) is 2.55. The van der Waals surface area contributed by atoms with E-state index in [9.17, 15) is 0 Å². The van der Waals surface area contributed by atoms with Gasteiger partial charge in [-0.15, -0.1) is 0 Å². The smallest absolute Gasteiger partial charge is 0.0788 e. The number of quaternary nitrogens is 1. The number of nitrogens with one attached hydrogen (secondary N) is 1. The minimum atomic E-state index is 0.808. The van der Waals surface area contributed by atoms with Crippen molar-refractivity contribution in [1.29, 1.82) is 0 Å². The molecule has 122 valence electrons. The van der Waals surface area contributed by atoms with Gasteiger partial charge in [-0.3, -0.25) is 0 Å². The number of rotatable bonds is 6. The van der Waals surface area contributed by atoms with Crippen molar-refractivity contribution in [2.24, 2.45) is 0 Å². The third-order valence-corrected chi connectivity index (χ3v) is 5.87. The van der Waals surface area contributed by atoms with E-state index >= 15 is 0 Å². The van der Waals surface area contributed by atoms with Crippen molar-refractivity contribution in [2.45, 2.75) is 30.1 Å². The second-order valence-electron chi connectivity index (χ2n) is 5.89. The van der Waals surface area contributed by atoms with Gasteiger partial charge in [0.2, 0.25) is 0 Å². The minimum Gasteiger partial charge on any atom is -0.339 e. The zero-order chi connectivity index (χ0) is 16.2. The lowest BCUT2D eigenvalue weighted by Gasteiger charge is -2.33. The highest BCUT2D eigenvalue weighted by Gasteiger charge is 2.23. The number of nitrogens with zero attached hydrogens (tertiary/aromatic N) is 1. The minimum absolute atomic E-state index is 0.808. The molecule has 1 N–H and O–H groups in total. The second-order valence-corrected chi connectivity index (χ2v) is 7.41. The van der Waals surface area contributed by atoms with Crippen LogP contribution in [0.25, 0.3) is 0 Å². The van der Waals surface area contributed by atoms with Crippen LogP contribution in [0.2, 0.25) is 5.02 Å². The fraction of sp³-hybridized carbons (Fsp3) is 0.368. The normalized spacial score (nSPS) is 13.1. The zero-order valence-corrected chi connectivity index (χ0v) is 15.4. The highest BCUT2D eigenvalue weighted by molar-refractivity contribution is 7.99. The largest absolute Gasteiger partial charge is 0.339 e. The van der Waals surface area contributed by atoms with Crippen molar-refractivity contribution in [1.82, 2.24) is 0 Å². The summed E-state index contributed by atoms with van der Waals surface area (Å²) in [6.45, 7) is 9.18. The van der Waals surface area contributed by atoms with Crippen LogP contribution in [0.1, 0.15) is 20.3 Å². The van der Waals surface area contributed by atoms with Gasteiger partial charge in [-0.05, 0) is 44.2 Å². The van der Waals surface area contributed by atoms with E-state index in [-0.39, 0.29) is 0 Å². The Morgan fingerprint density at radius 3 is 2.52 bits per heavy atom. The van der Waals surface area contributed by atoms with Crippen LogP contribution in [0.15, 0.2) is 52.3 Å². The van der Waals surface area contributed by atoms with E-state index in [1.54, 1.807) is 4.90 Å². The molecule has 3 rings (SSSR count). The van der Waals surface area contributed by atoms with Gasteiger partial charge in [0.05, 0.1) is 31.0 Å². The van der Waals surface area contributed by atoms with Crippen LogP contribution in [-0.2, 0) is 0 Å². The molecule has 0 saturated carbocycles. The molecule has 2 aromatic carbocycles. The summed E-state index contributed by atoms with van der Waals surface area (Å²) in [6, 6.07) is 14.9. The van der Waals surface area contributed by atoms with Crippen molar-refractivity contribution < 1.29 is 4.90 Å². The van der Waals surface area contributed by atoms with E-state index < -0.39 is 0 Å². The molecule has 0 amide bonds. The molecule has 23 heavy (non-hydrogen) atoms. The number of anilines is 2. The average Bonchev–Trinajstić information content (AvgIpc) is 2.58. The molecule has 0 fully saturated rings. The van der Waals surface area contributed by atoms with Gasteiger partial charge in [0.1, 0.15) is 0 Å². The maximum absolute atomic E-state index is 6.26. The lowest BCUT2D eigenvalue weighted by Crippen LogP contribution is -3.11. The van der Waals surface area contributed by atoms with Gasteiger partial charge >= 0.3 is 0 Å². The average molecular weight is 348 g/mol. The molecule has 1 aliphatic rings. The topological polar surface area (TPSA) is 7.68 Å². The van der Waals surface area contributed by atoms with Gasteiger partial charge in [0, 0.05) is 27.8 Å². The molecule has 2 nitrogen and oxygen atoms in total. The number of halogens is 1. The molecule has 0 saturated heterocycles. The first-order valence-electron chi connectivity index (χ1n) is 8.40. The molecule has 0 aromatic heterocycles.